The van der Waals surface area contributed by atoms with Gasteiger partial charge in [0.15, 0.2) is 17.3 Å². The van der Waals surface area contributed by atoms with Crippen molar-refractivity contribution < 1.29 is 23.5 Å². The lowest BCUT2D eigenvalue weighted by Gasteiger charge is -2.43. The fourth-order valence-electron chi connectivity index (χ4n) is 3.92. The minimum absolute atomic E-state index is 0.0299. The maximum absolute atomic E-state index is 12.9. The highest BCUT2D eigenvalue weighted by atomic mass is 16.7. The predicted octanol–water partition coefficient (Wildman–Crippen LogP) is 2.77. The van der Waals surface area contributed by atoms with Gasteiger partial charge in [-0.05, 0) is 23.8 Å². The van der Waals surface area contributed by atoms with E-state index in [1.165, 1.54) is 5.56 Å². The van der Waals surface area contributed by atoms with Gasteiger partial charge in [-0.2, -0.15) is 0 Å². The van der Waals surface area contributed by atoms with Gasteiger partial charge in [-0.1, -0.05) is 6.07 Å². The number of carbonyl (C=O) groups is 1. The maximum Gasteiger partial charge on any atom is 0.231 e. The maximum atomic E-state index is 12.9. The van der Waals surface area contributed by atoms with Crippen LogP contribution in [0.15, 0.2) is 30.5 Å². The Hall–Kier alpha value is -2.60. The Bertz CT molecular complexity index is 849. The second-order valence-corrected chi connectivity index (χ2v) is 7.33. The summed E-state index contributed by atoms with van der Waals surface area (Å²) in [6.07, 6.45) is 2.93. The third-order valence-electron chi connectivity index (χ3n) is 5.41. The Morgan fingerprint density at radius 3 is 2.92 bits per heavy atom. The van der Waals surface area contributed by atoms with Gasteiger partial charge < -0.3 is 18.7 Å². The SMILES string of the molecule is COc1c2c(cc3c1[C@@H](CC(=O)c1ccccn1)[N+](C)(C)CC3)OCO2. The van der Waals surface area contributed by atoms with Crippen molar-refractivity contribution in [2.75, 3.05) is 34.5 Å². The summed E-state index contributed by atoms with van der Waals surface area (Å²) in [7, 11) is 5.95. The Labute approximate surface area is 152 Å². The number of fused-ring (bicyclic) bond motifs is 2. The van der Waals surface area contributed by atoms with Crippen LogP contribution in [0.25, 0.3) is 0 Å². The van der Waals surface area contributed by atoms with Gasteiger partial charge in [0.2, 0.25) is 12.5 Å². The summed E-state index contributed by atoms with van der Waals surface area (Å²) >= 11 is 0. The van der Waals surface area contributed by atoms with E-state index in [9.17, 15) is 4.79 Å². The summed E-state index contributed by atoms with van der Waals surface area (Å²) < 4.78 is 17.6. The molecule has 0 saturated carbocycles. The number of likely N-dealkylation sites (N-methyl/N-ethyl adjacent to an activating group) is 1. The molecule has 4 rings (SSSR count). The molecule has 1 atom stereocenters. The molecule has 0 unspecified atom stereocenters. The summed E-state index contributed by atoms with van der Waals surface area (Å²) in [6.45, 7) is 1.14. The standard InChI is InChI=1S/C20H23N2O4/c1-22(2)9-7-13-10-17-19(26-12-25-17)20(24-3)18(13)15(22)11-16(23)14-6-4-5-8-21-14/h4-6,8,10,15H,7,9,11-12H2,1-3H3/q+1/t15-/m1/s1. The number of methoxy groups -OCH3 is 1. The monoisotopic (exact) mass is 355 g/mol. The van der Waals surface area contributed by atoms with Crippen LogP contribution < -0.4 is 14.2 Å². The summed E-state index contributed by atoms with van der Waals surface area (Å²) in [6, 6.07) is 7.43. The molecule has 6 nitrogen and oxygen atoms in total. The third kappa shape index (κ3) is 2.70. The Morgan fingerprint density at radius 1 is 1.35 bits per heavy atom. The number of quaternary nitrogens is 1. The van der Waals surface area contributed by atoms with Gasteiger partial charge in [0, 0.05) is 12.6 Å². The number of hydrogen-bond acceptors (Lipinski definition) is 5. The van der Waals surface area contributed by atoms with Crippen molar-refractivity contribution in [2.45, 2.75) is 18.9 Å². The number of aromatic nitrogens is 1. The van der Waals surface area contributed by atoms with E-state index < -0.39 is 0 Å². The number of Topliss-reactive ketones (excluding diaryl/α,β-unsaturated/α-hetero) is 1. The second kappa shape index (κ2) is 6.29. The molecule has 6 heteroatoms. The van der Waals surface area contributed by atoms with Crippen molar-refractivity contribution in [3.8, 4) is 17.2 Å². The van der Waals surface area contributed by atoms with Gasteiger partial charge in [0.1, 0.15) is 11.7 Å². The Balaban J connectivity index is 1.78. The summed E-state index contributed by atoms with van der Waals surface area (Å²) in [5, 5.41) is 0. The van der Waals surface area contributed by atoms with Crippen LogP contribution in [0, 0.1) is 0 Å². The first kappa shape index (κ1) is 16.8. The highest BCUT2D eigenvalue weighted by Gasteiger charge is 2.42. The average Bonchev–Trinajstić information content (AvgIpc) is 3.11. The fraction of sp³-hybridized carbons (Fsp3) is 0.400. The van der Waals surface area contributed by atoms with Crippen LogP contribution in [0.2, 0.25) is 0 Å². The number of ether oxygens (including phenoxy) is 3. The zero-order valence-electron chi connectivity index (χ0n) is 15.3. The van der Waals surface area contributed by atoms with Crippen LogP contribution in [0.4, 0.5) is 0 Å². The van der Waals surface area contributed by atoms with E-state index >= 15 is 0 Å². The number of carbonyl (C=O) groups excluding carboxylic acids is 1. The molecule has 0 saturated heterocycles. The second-order valence-electron chi connectivity index (χ2n) is 7.33. The molecule has 2 aliphatic heterocycles. The summed E-state index contributed by atoms with van der Waals surface area (Å²) in [5.74, 6) is 2.10. The lowest BCUT2D eigenvalue weighted by Crippen LogP contribution is -2.48. The molecule has 1 aromatic carbocycles. The molecule has 0 amide bonds. The third-order valence-corrected chi connectivity index (χ3v) is 5.41. The summed E-state index contributed by atoms with van der Waals surface area (Å²) in [4.78, 5) is 17.1. The highest BCUT2D eigenvalue weighted by molar-refractivity contribution is 5.94. The molecule has 0 fully saturated rings. The van der Waals surface area contributed by atoms with Crippen molar-refractivity contribution in [3.05, 3.63) is 47.3 Å². The largest absolute Gasteiger partial charge is 0.492 e. The molecule has 2 aliphatic rings. The topological polar surface area (TPSA) is 57.7 Å². The predicted molar refractivity (Wildman–Crippen MR) is 95.7 cm³/mol. The van der Waals surface area contributed by atoms with E-state index in [0.717, 1.165) is 24.3 Å². The molecule has 0 aliphatic carbocycles. The molecule has 0 N–H and O–H groups in total. The van der Waals surface area contributed by atoms with E-state index in [4.69, 9.17) is 14.2 Å². The van der Waals surface area contributed by atoms with E-state index in [1.54, 1.807) is 19.4 Å². The zero-order chi connectivity index (χ0) is 18.3. The van der Waals surface area contributed by atoms with E-state index in [-0.39, 0.29) is 18.6 Å². The number of rotatable bonds is 4. The van der Waals surface area contributed by atoms with Crippen LogP contribution in [-0.2, 0) is 6.42 Å². The van der Waals surface area contributed by atoms with E-state index in [0.29, 0.717) is 28.1 Å². The van der Waals surface area contributed by atoms with Crippen molar-refractivity contribution in [3.63, 3.8) is 0 Å². The van der Waals surface area contributed by atoms with Crippen LogP contribution in [0.1, 0.15) is 34.1 Å². The molecular weight excluding hydrogens is 332 g/mol. The number of pyridine rings is 1. The zero-order valence-corrected chi connectivity index (χ0v) is 15.3. The van der Waals surface area contributed by atoms with E-state index in [2.05, 4.69) is 19.1 Å². The van der Waals surface area contributed by atoms with Crippen LogP contribution in [0.3, 0.4) is 0 Å². The van der Waals surface area contributed by atoms with Gasteiger partial charge in [-0.25, -0.2) is 0 Å². The molecule has 1 aromatic heterocycles. The van der Waals surface area contributed by atoms with Gasteiger partial charge in [-0.15, -0.1) is 0 Å². The lowest BCUT2D eigenvalue weighted by molar-refractivity contribution is -0.922. The molecular formula is C20H23N2O4+. The highest BCUT2D eigenvalue weighted by Crippen LogP contribution is 2.51. The van der Waals surface area contributed by atoms with Gasteiger partial charge >= 0.3 is 0 Å². The number of benzene rings is 1. The molecule has 3 heterocycles. The van der Waals surface area contributed by atoms with Gasteiger partial charge in [-0.3, -0.25) is 9.78 Å². The smallest absolute Gasteiger partial charge is 0.231 e. The van der Waals surface area contributed by atoms with Crippen LogP contribution in [-0.4, -0.2) is 49.8 Å². The van der Waals surface area contributed by atoms with Gasteiger partial charge in [0.05, 0.1) is 39.7 Å². The molecule has 0 bridgehead atoms. The molecule has 26 heavy (non-hydrogen) atoms. The average molecular weight is 355 g/mol. The summed E-state index contributed by atoms with van der Waals surface area (Å²) in [5.41, 5.74) is 2.72. The molecule has 136 valence electrons. The number of hydrogen-bond donors (Lipinski definition) is 0. The quantitative estimate of drug-likeness (QED) is 0.623. The first-order valence-electron chi connectivity index (χ1n) is 8.77. The fourth-order valence-corrected chi connectivity index (χ4v) is 3.92. The Morgan fingerprint density at radius 2 is 2.19 bits per heavy atom. The molecule has 0 radical (unpaired) electrons. The van der Waals surface area contributed by atoms with Crippen molar-refractivity contribution in [2.24, 2.45) is 0 Å². The minimum atomic E-state index is -0.0299. The first-order valence-corrected chi connectivity index (χ1v) is 8.77. The number of ketones is 1. The molecule has 2 aromatic rings. The van der Waals surface area contributed by atoms with Crippen molar-refractivity contribution >= 4 is 5.78 Å². The van der Waals surface area contributed by atoms with Crippen LogP contribution >= 0.6 is 0 Å². The lowest BCUT2D eigenvalue weighted by atomic mass is 9.86. The molecule has 0 spiro atoms. The normalized spacial score (nSPS) is 19.7. The van der Waals surface area contributed by atoms with Crippen molar-refractivity contribution in [1.82, 2.24) is 4.98 Å². The Kier molecular flexibility index (Phi) is 4.07. The van der Waals surface area contributed by atoms with Gasteiger partial charge in [0.25, 0.3) is 0 Å². The number of nitrogens with zero attached hydrogens (tertiary/aromatic N) is 2. The van der Waals surface area contributed by atoms with E-state index in [1.807, 2.05) is 18.2 Å². The minimum Gasteiger partial charge on any atom is -0.492 e. The van der Waals surface area contributed by atoms with Crippen molar-refractivity contribution in [1.29, 1.82) is 0 Å². The first-order chi connectivity index (χ1) is 12.5. The van der Waals surface area contributed by atoms with Crippen LogP contribution in [0.5, 0.6) is 17.2 Å².